The Morgan fingerprint density at radius 2 is 1.73 bits per heavy atom. The van der Waals surface area contributed by atoms with Crippen LogP contribution in [0.4, 0.5) is 5.69 Å². The molecule has 0 radical (unpaired) electrons. The first-order valence-corrected chi connectivity index (χ1v) is 5.08. The molecule has 0 bridgehead atoms. The summed E-state index contributed by atoms with van der Waals surface area (Å²) in [5.74, 6) is 0. The highest BCUT2D eigenvalue weighted by Gasteiger charge is 2.01. The van der Waals surface area contributed by atoms with E-state index in [4.69, 9.17) is 0 Å². The summed E-state index contributed by atoms with van der Waals surface area (Å²) in [5.41, 5.74) is 2.07. The van der Waals surface area contributed by atoms with Crippen molar-refractivity contribution >= 4 is 11.9 Å². The molecule has 0 atom stereocenters. The molecule has 15 heavy (non-hydrogen) atoms. The maximum atomic E-state index is 11.4. The van der Waals surface area contributed by atoms with Gasteiger partial charge >= 0.3 is 0 Å². The number of hydroxylamine groups is 1. The number of benzene rings is 1. The Morgan fingerprint density at radius 1 is 1.20 bits per heavy atom. The van der Waals surface area contributed by atoms with Gasteiger partial charge in [-0.05, 0) is 38.1 Å². The van der Waals surface area contributed by atoms with E-state index in [1.54, 1.807) is 6.21 Å². The molecule has 0 heterocycles. The smallest absolute Gasteiger partial charge is 0.182 e. The molecule has 1 aromatic rings. The van der Waals surface area contributed by atoms with Gasteiger partial charge in [-0.25, -0.2) is 4.74 Å². The van der Waals surface area contributed by atoms with Crippen LogP contribution in [0.2, 0.25) is 0 Å². The van der Waals surface area contributed by atoms with Crippen LogP contribution in [0.5, 0.6) is 0 Å². The molecule has 82 valence electrons. The van der Waals surface area contributed by atoms with E-state index >= 15 is 0 Å². The van der Waals surface area contributed by atoms with Gasteiger partial charge in [0, 0.05) is 25.3 Å². The molecule has 0 spiro atoms. The fraction of sp³-hybridized carbons (Fsp3) is 0.417. The Balaban J connectivity index is 2.85. The summed E-state index contributed by atoms with van der Waals surface area (Å²) in [4.78, 5) is 2.03. The molecular formula is C12H18N2O. The van der Waals surface area contributed by atoms with E-state index in [0.717, 1.165) is 16.0 Å². The third-order valence-corrected chi connectivity index (χ3v) is 2.19. The standard InChI is InChI=1S/C12H18N2O/c1-10(2)14(15)9-11-5-7-12(8-6-11)13(3)4/h5-10H,1-4H3. The maximum absolute atomic E-state index is 11.4. The molecule has 0 fully saturated rings. The highest BCUT2D eigenvalue weighted by Crippen LogP contribution is 2.10. The van der Waals surface area contributed by atoms with Crippen LogP contribution < -0.4 is 4.90 Å². The Bertz CT molecular complexity index is 339. The lowest BCUT2D eigenvalue weighted by atomic mass is 10.2. The van der Waals surface area contributed by atoms with Gasteiger partial charge < -0.3 is 10.1 Å². The van der Waals surface area contributed by atoms with E-state index in [1.807, 2.05) is 57.1 Å². The summed E-state index contributed by atoms with van der Waals surface area (Å²) in [6, 6.07) is 7.88. The van der Waals surface area contributed by atoms with Crippen LogP contribution in [-0.4, -0.2) is 31.1 Å². The minimum absolute atomic E-state index is 0.0153. The molecule has 3 heteroatoms. The highest BCUT2D eigenvalue weighted by molar-refractivity contribution is 5.76. The summed E-state index contributed by atoms with van der Waals surface area (Å²) in [6.45, 7) is 3.75. The molecule has 0 amide bonds. The lowest BCUT2D eigenvalue weighted by molar-refractivity contribution is -0.487. The van der Waals surface area contributed by atoms with Crippen molar-refractivity contribution in [3.63, 3.8) is 0 Å². The average Bonchev–Trinajstić information content (AvgIpc) is 2.18. The van der Waals surface area contributed by atoms with Crippen LogP contribution in [0, 0.1) is 5.21 Å². The van der Waals surface area contributed by atoms with Crippen LogP contribution in [0.25, 0.3) is 0 Å². The molecule has 1 rings (SSSR count). The van der Waals surface area contributed by atoms with Gasteiger partial charge in [-0.3, -0.25) is 0 Å². The Labute approximate surface area is 91.2 Å². The van der Waals surface area contributed by atoms with Gasteiger partial charge in [-0.2, -0.15) is 0 Å². The molecular weight excluding hydrogens is 188 g/mol. The first-order valence-electron chi connectivity index (χ1n) is 5.08. The van der Waals surface area contributed by atoms with Gasteiger partial charge in [0.05, 0.1) is 0 Å². The van der Waals surface area contributed by atoms with E-state index in [1.165, 1.54) is 0 Å². The van der Waals surface area contributed by atoms with Crippen molar-refractivity contribution in [3.05, 3.63) is 35.0 Å². The summed E-state index contributed by atoms with van der Waals surface area (Å²) in [7, 11) is 3.99. The van der Waals surface area contributed by atoms with Gasteiger partial charge in [0.2, 0.25) is 0 Å². The number of rotatable bonds is 3. The normalized spacial score (nSPS) is 11.9. The highest BCUT2D eigenvalue weighted by atomic mass is 16.5. The molecule has 1 aromatic carbocycles. The number of anilines is 1. The van der Waals surface area contributed by atoms with E-state index < -0.39 is 0 Å². The summed E-state index contributed by atoms with van der Waals surface area (Å²) >= 11 is 0. The Hall–Kier alpha value is -1.51. The number of hydrogen-bond acceptors (Lipinski definition) is 2. The second-order valence-corrected chi connectivity index (χ2v) is 4.07. The van der Waals surface area contributed by atoms with Crippen molar-refractivity contribution in [1.29, 1.82) is 0 Å². The zero-order valence-corrected chi connectivity index (χ0v) is 9.77. The maximum Gasteiger partial charge on any atom is 0.182 e. The topological polar surface area (TPSA) is 29.3 Å². The van der Waals surface area contributed by atoms with Crippen molar-refractivity contribution in [2.45, 2.75) is 19.9 Å². The van der Waals surface area contributed by atoms with Crippen molar-refractivity contribution in [1.82, 2.24) is 0 Å². The average molecular weight is 206 g/mol. The molecule has 0 aromatic heterocycles. The van der Waals surface area contributed by atoms with Gasteiger partial charge in [-0.1, -0.05) is 0 Å². The first-order chi connectivity index (χ1) is 7.00. The van der Waals surface area contributed by atoms with Gasteiger partial charge in [0.1, 0.15) is 0 Å². The second kappa shape index (κ2) is 4.82. The zero-order chi connectivity index (χ0) is 11.4. The van der Waals surface area contributed by atoms with Crippen molar-refractivity contribution in [3.8, 4) is 0 Å². The van der Waals surface area contributed by atoms with Crippen LogP contribution in [0.1, 0.15) is 19.4 Å². The largest absolute Gasteiger partial charge is 0.624 e. The summed E-state index contributed by atoms with van der Waals surface area (Å²) in [6.07, 6.45) is 1.62. The van der Waals surface area contributed by atoms with Crippen molar-refractivity contribution in [2.75, 3.05) is 19.0 Å². The van der Waals surface area contributed by atoms with E-state index in [-0.39, 0.29) is 6.04 Å². The van der Waals surface area contributed by atoms with Crippen LogP contribution in [0.15, 0.2) is 24.3 Å². The van der Waals surface area contributed by atoms with Crippen LogP contribution in [-0.2, 0) is 0 Å². The van der Waals surface area contributed by atoms with Crippen molar-refractivity contribution < 1.29 is 4.74 Å². The SMILES string of the molecule is CC(C)[N+]([O-])=Cc1ccc(N(C)C)cc1. The van der Waals surface area contributed by atoms with Gasteiger partial charge in [0.15, 0.2) is 12.3 Å². The molecule has 0 unspecified atom stereocenters. The van der Waals surface area contributed by atoms with Crippen molar-refractivity contribution in [2.24, 2.45) is 0 Å². The monoisotopic (exact) mass is 206 g/mol. The molecule has 0 N–H and O–H groups in total. The van der Waals surface area contributed by atoms with E-state index in [9.17, 15) is 5.21 Å². The minimum atomic E-state index is -0.0153. The van der Waals surface area contributed by atoms with Gasteiger partial charge in [-0.15, -0.1) is 0 Å². The zero-order valence-electron chi connectivity index (χ0n) is 9.77. The summed E-state index contributed by atoms with van der Waals surface area (Å²) in [5, 5.41) is 11.4. The van der Waals surface area contributed by atoms with E-state index in [0.29, 0.717) is 0 Å². The molecule has 0 saturated heterocycles. The fourth-order valence-electron chi connectivity index (χ4n) is 1.15. The van der Waals surface area contributed by atoms with Crippen LogP contribution in [0.3, 0.4) is 0 Å². The molecule has 0 aliphatic rings. The lowest BCUT2D eigenvalue weighted by Gasteiger charge is -2.12. The third-order valence-electron chi connectivity index (χ3n) is 2.19. The minimum Gasteiger partial charge on any atom is -0.624 e. The molecule has 3 nitrogen and oxygen atoms in total. The van der Waals surface area contributed by atoms with Gasteiger partial charge in [0.25, 0.3) is 0 Å². The van der Waals surface area contributed by atoms with Crippen LogP contribution >= 0.6 is 0 Å². The summed E-state index contributed by atoms with van der Waals surface area (Å²) < 4.78 is 0.963. The third kappa shape index (κ3) is 3.27. The molecule has 0 saturated carbocycles. The Kier molecular flexibility index (Phi) is 3.72. The first kappa shape index (κ1) is 11.6. The molecule has 0 aliphatic carbocycles. The second-order valence-electron chi connectivity index (χ2n) is 4.07. The predicted molar refractivity (Wildman–Crippen MR) is 64.7 cm³/mol. The predicted octanol–water partition coefficient (Wildman–Crippen LogP) is 2.09. The number of nitrogens with zero attached hydrogens (tertiary/aromatic N) is 2. The fourth-order valence-corrected chi connectivity index (χ4v) is 1.15. The van der Waals surface area contributed by atoms with E-state index in [2.05, 4.69) is 0 Å². The lowest BCUT2D eigenvalue weighted by Crippen LogP contribution is -2.15. The Morgan fingerprint density at radius 3 is 2.13 bits per heavy atom. The quantitative estimate of drug-likeness (QED) is 0.328. The molecule has 0 aliphatic heterocycles. The number of hydrogen-bond donors (Lipinski definition) is 0.